The molecule has 0 aliphatic heterocycles. The lowest BCUT2D eigenvalue weighted by molar-refractivity contribution is 0.0935. The zero-order chi connectivity index (χ0) is 17.8. The molecular formula is C22H27NO2. The second kappa shape index (κ2) is 7.73. The topological polar surface area (TPSA) is 38.3 Å². The minimum Gasteiger partial charge on any atom is -0.496 e. The SMILES string of the molecule is CC[C@H](NC(=O)c1ccc2c(c1)CCCC2)c1ccc(OC)c(C)c1. The Morgan fingerprint density at radius 1 is 1.12 bits per heavy atom. The van der Waals surface area contributed by atoms with Crippen LogP contribution in [0.4, 0.5) is 0 Å². The van der Waals surface area contributed by atoms with E-state index in [1.54, 1.807) is 7.11 Å². The lowest BCUT2D eigenvalue weighted by Gasteiger charge is -2.20. The Morgan fingerprint density at radius 3 is 2.56 bits per heavy atom. The van der Waals surface area contributed by atoms with Crippen molar-refractivity contribution in [1.82, 2.24) is 5.32 Å². The summed E-state index contributed by atoms with van der Waals surface area (Å²) in [4.78, 5) is 12.7. The fraction of sp³-hybridized carbons (Fsp3) is 0.409. The molecule has 0 aromatic heterocycles. The number of hydrogen-bond acceptors (Lipinski definition) is 2. The Bertz CT molecular complexity index is 767. The summed E-state index contributed by atoms with van der Waals surface area (Å²) >= 11 is 0. The first-order chi connectivity index (χ1) is 12.1. The van der Waals surface area contributed by atoms with Crippen LogP contribution in [0.5, 0.6) is 5.75 Å². The first-order valence-electron chi connectivity index (χ1n) is 9.19. The standard InChI is InChI=1S/C22H27NO2/c1-4-20(18-11-12-21(25-3)15(2)13-18)23-22(24)19-10-9-16-7-5-6-8-17(16)14-19/h9-14,20H,4-8H2,1-3H3,(H,23,24)/t20-/m0/s1. The van der Waals surface area contributed by atoms with E-state index in [1.807, 2.05) is 25.1 Å². The first-order valence-corrected chi connectivity index (χ1v) is 9.19. The van der Waals surface area contributed by atoms with E-state index >= 15 is 0 Å². The molecule has 1 amide bonds. The van der Waals surface area contributed by atoms with Gasteiger partial charge in [-0.25, -0.2) is 0 Å². The van der Waals surface area contributed by atoms with Crippen molar-refractivity contribution in [2.24, 2.45) is 0 Å². The Labute approximate surface area is 150 Å². The molecule has 1 N–H and O–H groups in total. The predicted molar refractivity (Wildman–Crippen MR) is 101 cm³/mol. The molecule has 0 saturated heterocycles. The molecule has 2 aromatic carbocycles. The monoisotopic (exact) mass is 337 g/mol. The van der Waals surface area contributed by atoms with Gasteiger partial charge in [0.2, 0.25) is 0 Å². The van der Waals surface area contributed by atoms with Gasteiger partial charge in [0, 0.05) is 5.56 Å². The summed E-state index contributed by atoms with van der Waals surface area (Å²) in [6.07, 6.45) is 5.56. The average Bonchev–Trinajstić information content (AvgIpc) is 2.65. The molecule has 0 unspecified atom stereocenters. The number of amides is 1. The van der Waals surface area contributed by atoms with Gasteiger partial charge in [0.15, 0.2) is 0 Å². The van der Waals surface area contributed by atoms with Gasteiger partial charge in [0.25, 0.3) is 5.91 Å². The molecule has 25 heavy (non-hydrogen) atoms. The maximum Gasteiger partial charge on any atom is 0.251 e. The highest BCUT2D eigenvalue weighted by Gasteiger charge is 2.17. The normalized spacial score (nSPS) is 14.5. The first kappa shape index (κ1) is 17.5. The van der Waals surface area contributed by atoms with E-state index in [2.05, 4.69) is 30.4 Å². The number of methoxy groups -OCH3 is 1. The number of benzene rings is 2. The van der Waals surface area contributed by atoms with Crippen molar-refractivity contribution < 1.29 is 9.53 Å². The summed E-state index contributed by atoms with van der Waals surface area (Å²) in [5, 5.41) is 3.19. The van der Waals surface area contributed by atoms with Gasteiger partial charge in [-0.05, 0) is 79.5 Å². The predicted octanol–water partition coefficient (Wildman–Crippen LogP) is 4.76. The molecule has 0 saturated carbocycles. The molecule has 0 heterocycles. The van der Waals surface area contributed by atoms with E-state index in [1.165, 1.54) is 24.0 Å². The Hall–Kier alpha value is -2.29. The number of ether oxygens (including phenoxy) is 1. The molecule has 1 aliphatic carbocycles. The van der Waals surface area contributed by atoms with Crippen LogP contribution in [0.25, 0.3) is 0 Å². The van der Waals surface area contributed by atoms with Crippen molar-refractivity contribution in [3.63, 3.8) is 0 Å². The molecular weight excluding hydrogens is 310 g/mol. The van der Waals surface area contributed by atoms with E-state index in [0.29, 0.717) is 0 Å². The average molecular weight is 337 g/mol. The second-order valence-electron chi connectivity index (χ2n) is 6.85. The van der Waals surface area contributed by atoms with E-state index in [-0.39, 0.29) is 11.9 Å². The lowest BCUT2D eigenvalue weighted by atomic mass is 9.90. The molecule has 132 valence electrons. The summed E-state index contributed by atoms with van der Waals surface area (Å²) in [6, 6.07) is 12.3. The number of hydrogen-bond donors (Lipinski definition) is 1. The van der Waals surface area contributed by atoms with Crippen LogP contribution in [0.3, 0.4) is 0 Å². The van der Waals surface area contributed by atoms with Crippen LogP contribution < -0.4 is 10.1 Å². The summed E-state index contributed by atoms with van der Waals surface area (Å²) in [5.41, 5.74) is 5.71. The number of nitrogens with one attached hydrogen (secondary N) is 1. The third-order valence-corrected chi connectivity index (χ3v) is 5.15. The van der Waals surface area contributed by atoms with E-state index < -0.39 is 0 Å². The van der Waals surface area contributed by atoms with Crippen LogP contribution in [-0.4, -0.2) is 13.0 Å². The summed E-state index contributed by atoms with van der Waals surface area (Å²) in [7, 11) is 1.68. The van der Waals surface area contributed by atoms with Crippen molar-refractivity contribution in [2.75, 3.05) is 7.11 Å². The summed E-state index contributed by atoms with van der Waals surface area (Å²) in [5.74, 6) is 0.883. The van der Waals surface area contributed by atoms with Crippen LogP contribution >= 0.6 is 0 Å². The molecule has 1 aliphatic rings. The quantitative estimate of drug-likeness (QED) is 0.854. The minimum absolute atomic E-state index is 0.00754. The summed E-state index contributed by atoms with van der Waals surface area (Å²) < 4.78 is 5.33. The number of aryl methyl sites for hydroxylation is 3. The number of carbonyl (C=O) groups excluding carboxylic acids is 1. The van der Waals surface area contributed by atoms with E-state index in [4.69, 9.17) is 4.74 Å². The van der Waals surface area contributed by atoms with E-state index in [0.717, 1.165) is 41.7 Å². The minimum atomic E-state index is 0.00754. The number of rotatable bonds is 5. The van der Waals surface area contributed by atoms with Crippen LogP contribution in [0.15, 0.2) is 36.4 Å². The summed E-state index contributed by atoms with van der Waals surface area (Å²) in [6.45, 7) is 4.12. The van der Waals surface area contributed by atoms with E-state index in [9.17, 15) is 4.79 Å². The molecule has 2 aromatic rings. The third kappa shape index (κ3) is 3.87. The van der Waals surface area contributed by atoms with Gasteiger partial charge in [0.05, 0.1) is 13.2 Å². The molecule has 0 bridgehead atoms. The molecule has 1 atom stereocenters. The maximum atomic E-state index is 12.7. The van der Waals surface area contributed by atoms with Crippen molar-refractivity contribution in [3.8, 4) is 5.75 Å². The van der Waals surface area contributed by atoms with Gasteiger partial charge >= 0.3 is 0 Å². The van der Waals surface area contributed by atoms with Crippen LogP contribution in [-0.2, 0) is 12.8 Å². The highest BCUT2D eigenvalue weighted by atomic mass is 16.5. The second-order valence-corrected chi connectivity index (χ2v) is 6.85. The van der Waals surface area contributed by atoms with Crippen LogP contribution in [0.1, 0.15) is 64.8 Å². The fourth-order valence-electron chi connectivity index (χ4n) is 3.66. The molecule has 0 spiro atoms. The van der Waals surface area contributed by atoms with Gasteiger partial charge in [-0.1, -0.05) is 25.1 Å². The van der Waals surface area contributed by atoms with Crippen LogP contribution in [0, 0.1) is 6.92 Å². The van der Waals surface area contributed by atoms with Gasteiger partial charge in [-0.2, -0.15) is 0 Å². The van der Waals surface area contributed by atoms with Gasteiger partial charge in [-0.3, -0.25) is 4.79 Å². The smallest absolute Gasteiger partial charge is 0.251 e. The molecule has 0 radical (unpaired) electrons. The Balaban J connectivity index is 1.77. The van der Waals surface area contributed by atoms with Crippen molar-refractivity contribution in [2.45, 2.75) is 52.0 Å². The maximum absolute atomic E-state index is 12.7. The van der Waals surface area contributed by atoms with Gasteiger partial charge < -0.3 is 10.1 Å². The highest BCUT2D eigenvalue weighted by molar-refractivity contribution is 5.94. The zero-order valence-corrected chi connectivity index (χ0v) is 15.4. The highest BCUT2D eigenvalue weighted by Crippen LogP contribution is 2.25. The van der Waals surface area contributed by atoms with Gasteiger partial charge in [0.1, 0.15) is 5.75 Å². The van der Waals surface area contributed by atoms with Gasteiger partial charge in [-0.15, -0.1) is 0 Å². The molecule has 3 heteroatoms. The Kier molecular flexibility index (Phi) is 5.42. The molecule has 3 rings (SSSR count). The van der Waals surface area contributed by atoms with Crippen molar-refractivity contribution in [3.05, 3.63) is 64.2 Å². The fourth-order valence-corrected chi connectivity index (χ4v) is 3.66. The van der Waals surface area contributed by atoms with Crippen molar-refractivity contribution in [1.29, 1.82) is 0 Å². The zero-order valence-electron chi connectivity index (χ0n) is 15.4. The lowest BCUT2D eigenvalue weighted by Crippen LogP contribution is -2.28. The molecule has 3 nitrogen and oxygen atoms in total. The Morgan fingerprint density at radius 2 is 1.88 bits per heavy atom. The number of carbonyl (C=O) groups is 1. The molecule has 0 fully saturated rings. The van der Waals surface area contributed by atoms with Crippen LogP contribution in [0.2, 0.25) is 0 Å². The largest absolute Gasteiger partial charge is 0.496 e. The third-order valence-electron chi connectivity index (χ3n) is 5.15. The van der Waals surface area contributed by atoms with Crippen molar-refractivity contribution >= 4 is 5.91 Å². The number of fused-ring (bicyclic) bond motifs is 1.